The summed E-state index contributed by atoms with van der Waals surface area (Å²) >= 11 is 0. The van der Waals surface area contributed by atoms with Gasteiger partial charge < -0.3 is 15.2 Å². The van der Waals surface area contributed by atoms with Gasteiger partial charge in [-0.05, 0) is 18.1 Å². The minimum Gasteiger partial charge on any atom is -0.492 e. The van der Waals surface area contributed by atoms with Crippen LogP contribution >= 0.6 is 0 Å². The molecule has 1 aliphatic rings. The topological polar surface area (TPSA) is 75.6 Å². The quantitative estimate of drug-likeness (QED) is 0.863. The molecule has 0 saturated carbocycles. The molecule has 1 heterocycles. The van der Waals surface area contributed by atoms with Crippen molar-refractivity contribution in [3.8, 4) is 5.75 Å². The highest BCUT2D eigenvalue weighted by molar-refractivity contribution is 5.85. The maximum Gasteiger partial charge on any atom is 0.326 e. The van der Waals surface area contributed by atoms with Crippen molar-refractivity contribution in [3.05, 3.63) is 29.8 Å². The molecule has 1 aromatic rings. The third-order valence-electron chi connectivity index (χ3n) is 3.28. The average Bonchev–Trinajstić information content (AvgIpc) is 2.45. The summed E-state index contributed by atoms with van der Waals surface area (Å²) in [6, 6.07) is 5.61. The van der Waals surface area contributed by atoms with Crippen molar-refractivity contribution < 1.29 is 28.2 Å². The van der Waals surface area contributed by atoms with Gasteiger partial charge in [-0.2, -0.15) is 0 Å². The smallest absolute Gasteiger partial charge is 0.326 e. The molecule has 2 unspecified atom stereocenters. The van der Waals surface area contributed by atoms with E-state index in [0.29, 0.717) is 12.2 Å². The van der Waals surface area contributed by atoms with E-state index >= 15 is 0 Å². The third kappa shape index (κ3) is 3.90. The number of hydrogen-bond acceptors (Lipinski definition) is 3. The van der Waals surface area contributed by atoms with Crippen molar-refractivity contribution in [3.63, 3.8) is 0 Å². The van der Waals surface area contributed by atoms with E-state index in [1.54, 1.807) is 12.1 Å². The van der Waals surface area contributed by atoms with Crippen molar-refractivity contribution >= 4 is 11.9 Å². The minimum absolute atomic E-state index is 0.101. The largest absolute Gasteiger partial charge is 0.492 e. The number of hydrogen-bond donors (Lipinski definition) is 2. The van der Waals surface area contributed by atoms with Gasteiger partial charge in [0.15, 0.2) is 0 Å². The highest BCUT2D eigenvalue weighted by Gasteiger charge is 2.30. The lowest BCUT2D eigenvalue weighted by Gasteiger charge is -2.25. The Balaban J connectivity index is 1.99. The summed E-state index contributed by atoms with van der Waals surface area (Å²) in [7, 11) is 0. The number of para-hydroxylation sites is 1. The zero-order valence-electron chi connectivity index (χ0n) is 11.1. The van der Waals surface area contributed by atoms with Crippen LogP contribution in [0.2, 0.25) is 0 Å². The Morgan fingerprint density at radius 2 is 2.10 bits per heavy atom. The highest BCUT2D eigenvalue weighted by Crippen LogP contribution is 2.26. The first-order chi connectivity index (χ1) is 9.97. The minimum atomic E-state index is -2.80. The monoisotopic (exact) mass is 299 g/mol. The summed E-state index contributed by atoms with van der Waals surface area (Å²) in [5.74, 6) is -1.96. The molecule has 21 heavy (non-hydrogen) atoms. The maximum atomic E-state index is 12.3. The van der Waals surface area contributed by atoms with Gasteiger partial charge in [0, 0.05) is 6.42 Å². The Hall–Kier alpha value is -2.18. The second-order valence-corrected chi connectivity index (χ2v) is 4.85. The molecule has 0 aromatic heterocycles. The molecule has 1 aliphatic heterocycles. The van der Waals surface area contributed by atoms with Crippen LogP contribution in [-0.4, -0.2) is 36.1 Å². The standard InChI is InChI=1S/C14H15F2NO4/c15-12(16)6-10(14(19)20)17-13(18)9-5-8-3-1-2-4-11(8)21-7-9/h1-4,9-10,12H,5-7H2,(H,17,18)(H,19,20). The molecule has 0 aliphatic carbocycles. The number of carbonyl (C=O) groups excluding carboxylic acids is 1. The lowest BCUT2D eigenvalue weighted by Crippen LogP contribution is -2.46. The fourth-order valence-corrected chi connectivity index (χ4v) is 2.19. The SMILES string of the molecule is O=C(NC(CC(F)F)C(=O)O)C1COc2ccccc2C1. The zero-order chi connectivity index (χ0) is 15.4. The molecule has 0 saturated heterocycles. The number of carboxylic acid groups (broad SMARTS) is 1. The zero-order valence-corrected chi connectivity index (χ0v) is 11.1. The summed E-state index contributed by atoms with van der Waals surface area (Å²) in [6.07, 6.45) is -3.32. The molecule has 2 rings (SSSR count). The van der Waals surface area contributed by atoms with Crippen LogP contribution in [0, 0.1) is 5.92 Å². The van der Waals surface area contributed by atoms with Gasteiger partial charge in [-0.15, -0.1) is 0 Å². The number of amides is 1. The van der Waals surface area contributed by atoms with E-state index in [-0.39, 0.29) is 6.61 Å². The van der Waals surface area contributed by atoms with Crippen molar-refractivity contribution in [2.24, 2.45) is 5.92 Å². The Kier molecular flexibility index (Phi) is 4.72. The molecule has 1 aromatic carbocycles. The number of rotatable bonds is 5. The normalized spacial score (nSPS) is 18.5. The van der Waals surface area contributed by atoms with E-state index in [0.717, 1.165) is 5.56 Å². The van der Waals surface area contributed by atoms with Crippen molar-refractivity contribution in [2.75, 3.05) is 6.61 Å². The molecule has 114 valence electrons. The van der Waals surface area contributed by atoms with Gasteiger partial charge in [0.1, 0.15) is 18.4 Å². The number of carboxylic acids is 1. The van der Waals surface area contributed by atoms with Crippen LogP contribution in [0.15, 0.2) is 24.3 Å². The van der Waals surface area contributed by atoms with Crippen LogP contribution in [-0.2, 0) is 16.0 Å². The first-order valence-electron chi connectivity index (χ1n) is 6.49. The average molecular weight is 299 g/mol. The van der Waals surface area contributed by atoms with Crippen molar-refractivity contribution in [1.82, 2.24) is 5.32 Å². The first-order valence-corrected chi connectivity index (χ1v) is 6.49. The van der Waals surface area contributed by atoms with E-state index in [2.05, 4.69) is 5.32 Å². The van der Waals surface area contributed by atoms with Gasteiger partial charge in [0.2, 0.25) is 12.3 Å². The number of nitrogens with one attached hydrogen (secondary N) is 1. The van der Waals surface area contributed by atoms with Crippen LogP contribution in [0.25, 0.3) is 0 Å². The maximum absolute atomic E-state index is 12.3. The van der Waals surface area contributed by atoms with Gasteiger partial charge in [0.25, 0.3) is 0 Å². The molecule has 0 radical (unpaired) electrons. The molecule has 2 atom stereocenters. The van der Waals surface area contributed by atoms with E-state index in [9.17, 15) is 18.4 Å². The summed E-state index contributed by atoms with van der Waals surface area (Å²) in [5.41, 5.74) is 0.838. The third-order valence-corrected chi connectivity index (χ3v) is 3.28. The van der Waals surface area contributed by atoms with Gasteiger partial charge >= 0.3 is 5.97 Å². The van der Waals surface area contributed by atoms with E-state index < -0.39 is 36.7 Å². The van der Waals surface area contributed by atoms with E-state index in [1.807, 2.05) is 12.1 Å². The fraction of sp³-hybridized carbons (Fsp3) is 0.429. The Morgan fingerprint density at radius 1 is 1.38 bits per heavy atom. The molecule has 5 nitrogen and oxygen atoms in total. The molecule has 7 heteroatoms. The number of aliphatic carboxylic acids is 1. The Bertz CT molecular complexity index is 535. The van der Waals surface area contributed by atoms with Gasteiger partial charge in [0.05, 0.1) is 5.92 Å². The van der Waals surface area contributed by atoms with E-state index in [1.165, 1.54) is 0 Å². The number of alkyl halides is 2. The van der Waals surface area contributed by atoms with Crippen LogP contribution in [0.5, 0.6) is 5.75 Å². The Labute approximate surface area is 119 Å². The molecule has 0 spiro atoms. The Morgan fingerprint density at radius 3 is 2.76 bits per heavy atom. The van der Waals surface area contributed by atoms with Gasteiger partial charge in [-0.1, -0.05) is 18.2 Å². The number of carbonyl (C=O) groups is 2. The summed E-state index contributed by atoms with van der Waals surface area (Å²) in [4.78, 5) is 22.9. The van der Waals surface area contributed by atoms with Crippen LogP contribution in [0.3, 0.4) is 0 Å². The van der Waals surface area contributed by atoms with E-state index in [4.69, 9.17) is 9.84 Å². The summed E-state index contributed by atoms with van der Waals surface area (Å²) in [6.45, 7) is 0.101. The molecule has 0 fully saturated rings. The van der Waals surface area contributed by atoms with Crippen LogP contribution < -0.4 is 10.1 Å². The fourth-order valence-electron chi connectivity index (χ4n) is 2.19. The first kappa shape index (κ1) is 15.2. The van der Waals surface area contributed by atoms with Crippen LogP contribution in [0.4, 0.5) is 8.78 Å². The predicted molar refractivity (Wildman–Crippen MR) is 69.3 cm³/mol. The van der Waals surface area contributed by atoms with Gasteiger partial charge in [-0.3, -0.25) is 4.79 Å². The lowest BCUT2D eigenvalue weighted by molar-refractivity contribution is -0.144. The molecular weight excluding hydrogens is 284 g/mol. The molecule has 2 N–H and O–H groups in total. The number of halogens is 2. The number of benzene rings is 1. The van der Waals surface area contributed by atoms with Crippen molar-refractivity contribution in [2.45, 2.75) is 25.3 Å². The predicted octanol–water partition coefficient (Wildman–Crippen LogP) is 1.46. The summed E-state index contributed by atoms with van der Waals surface area (Å²) in [5, 5.41) is 11.0. The molecular formula is C14H15F2NO4. The number of fused-ring (bicyclic) bond motifs is 1. The van der Waals surface area contributed by atoms with Crippen LogP contribution in [0.1, 0.15) is 12.0 Å². The lowest BCUT2D eigenvalue weighted by atomic mass is 9.95. The second-order valence-electron chi connectivity index (χ2n) is 4.85. The van der Waals surface area contributed by atoms with Gasteiger partial charge in [-0.25, -0.2) is 13.6 Å². The molecule has 1 amide bonds. The summed E-state index contributed by atoms with van der Waals surface area (Å²) < 4.78 is 30.0. The van der Waals surface area contributed by atoms with Crippen molar-refractivity contribution in [1.29, 1.82) is 0 Å². The molecule has 0 bridgehead atoms. The highest BCUT2D eigenvalue weighted by atomic mass is 19.3. The second kappa shape index (κ2) is 6.51. The number of ether oxygens (including phenoxy) is 1.